The van der Waals surface area contributed by atoms with Crippen molar-refractivity contribution in [3.63, 3.8) is 0 Å². The van der Waals surface area contributed by atoms with Gasteiger partial charge in [-0.3, -0.25) is 9.59 Å². The van der Waals surface area contributed by atoms with E-state index in [-0.39, 0.29) is 23.3 Å². The second kappa shape index (κ2) is 13.0. The molecule has 45 heavy (non-hydrogen) atoms. The average molecular weight is 648 g/mol. The van der Waals surface area contributed by atoms with Crippen LogP contribution in [-0.4, -0.2) is 67.0 Å². The summed E-state index contributed by atoms with van der Waals surface area (Å²) in [6, 6.07) is 18.5. The Kier molecular flexibility index (Phi) is 9.48. The Morgan fingerprint density at radius 3 is 2.24 bits per heavy atom. The second-order valence-corrected chi connectivity index (χ2v) is 12.0. The number of carboxylic acids is 1. The number of carboxylic acid groups (broad SMARTS) is 1. The first-order valence-corrected chi connectivity index (χ1v) is 14.8. The van der Waals surface area contributed by atoms with E-state index in [1.165, 1.54) is 12.1 Å². The number of nitrogens with zero attached hydrogens (tertiary/aromatic N) is 2. The third-order valence-corrected chi connectivity index (χ3v) is 8.65. The second-order valence-electron chi connectivity index (χ2n) is 10.1. The number of amides is 4. The summed E-state index contributed by atoms with van der Waals surface area (Å²) in [7, 11) is -4.09. The monoisotopic (exact) mass is 647 g/mol. The molecule has 5 rings (SSSR count). The van der Waals surface area contributed by atoms with Gasteiger partial charge in [0.15, 0.2) is 0 Å². The molecule has 0 aromatic heterocycles. The third-order valence-electron chi connectivity index (χ3n) is 6.91. The summed E-state index contributed by atoms with van der Waals surface area (Å²) < 4.78 is 59.3. The summed E-state index contributed by atoms with van der Waals surface area (Å²) >= 11 is 0. The first-order valence-electron chi connectivity index (χ1n) is 13.4. The van der Waals surface area contributed by atoms with Crippen LogP contribution in [0.4, 0.5) is 29.3 Å². The molecule has 3 aromatic rings. The highest BCUT2D eigenvalue weighted by atomic mass is 32.2. The van der Waals surface area contributed by atoms with Gasteiger partial charge >= 0.3 is 18.2 Å². The number of rotatable bonds is 6. The molecule has 4 amide bonds. The zero-order valence-corrected chi connectivity index (χ0v) is 24.4. The average Bonchev–Trinajstić information content (AvgIpc) is 3.61. The molecule has 12 nitrogen and oxygen atoms in total. The van der Waals surface area contributed by atoms with E-state index in [2.05, 4.69) is 10.6 Å². The Bertz CT molecular complexity index is 1720. The number of nitrogens with one attached hydrogen (secondary N) is 2. The van der Waals surface area contributed by atoms with E-state index in [9.17, 15) is 36.0 Å². The quantitative estimate of drug-likeness (QED) is 0.315. The maximum Gasteiger partial charge on any atom is 0.490 e. The highest BCUT2D eigenvalue weighted by Crippen LogP contribution is 2.33. The Labute approximate surface area is 255 Å². The number of carbonyl (C=O) groups is 4. The van der Waals surface area contributed by atoms with Crippen molar-refractivity contribution in [1.29, 1.82) is 0 Å². The molecule has 2 aliphatic heterocycles. The lowest BCUT2D eigenvalue weighted by Gasteiger charge is -2.19. The van der Waals surface area contributed by atoms with Crippen molar-refractivity contribution in [2.75, 3.05) is 23.3 Å². The highest BCUT2D eigenvalue weighted by Gasteiger charge is 2.40. The van der Waals surface area contributed by atoms with Gasteiger partial charge in [0.25, 0.3) is 15.9 Å². The number of alkyl halides is 3. The smallest absolute Gasteiger partial charge is 0.475 e. The zero-order valence-electron chi connectivity index (χ0n) is 23.6. The molecule has 0 saturated carbocycles. The summed E-state index contributed by atoms with van der Waals surface area (Å²) in [5, 5.41) is 12.5. The molecule has 5 N–H and O–H groups in total. The lowest BCUT2D eigenvalue weighted by atomic mass is 10.1. The van der Waals surface area contributed by atoms with Gasteiger partial charge in [0, 0.05) is 23.5 Å². The predicted molar refractivity (Wildman–Crippen MR) is 156 cm³/mol. The number of urea groups is 1. The van der Waals surface area contributed by atoms with Crippen molar-refractivity contribution in [2.24, 2.45) is 5.73 Å². The van der Waals surface area contributed by atoms with Crippen LogP contribution < -0.4 is 21.3 Å². The van der Waals surface area contributed by atoms with E-state index >= 15 is 0 Å². The number of halogens is 3. The molecule has 2 atom stereocenters. The lowest BCUT2D eigenvalue weighted by Crippen LogP contribution is -2.34. The van der Waals surface area contributed by atoms with Gasteiger partial charge in [0.1, 0.15) is 0 Å². The zero-order chi connectivity index (χ0) is 33.1. The van der Waals surface area contributed by atoms with Crippen LogP contribution in [0, 0.1) is 0 Å². The van der Waals surface area contributed by atoms with Crippen LogP contribution in [0.5, 0.6) is 0 Å². The molecular formula is C29H28F3N5O7S. The number of nitrogens with two attached hydrogens (primary N) is 1. The van der Waals surface area contributed by atoms with E-state index in [0.717, 1.165) is 9.87 Å². The van der Waals surface area contributed by atoms with Crippen molar-refractivity contribution >= 4 is 45.2 Å². The molecule has 0 unspecified atom stereocenters. The normalized spacial score (nSPS) is 16.6. The van der Waals surface area contributed by atoms with Crippen molar-refractivity contribution in [3.8, 4) is 0 Å². The standard InChI is InChI=1S/C27H27N5O5S.C2HF3O2/c1-17(28)25(33)29-21-9-7-19(8-10-21)26(34)31-14-13-20-15-22(11-12-24(20)31)38(36,37)32-16-23(30-27(32)35)18-5-3-2-4-6-18;3-2(4,5)1(6)7/h2-12,15,17,23H,13-14,16,28H2,1H3,(H,29,33)(H,30,35);(H,6,7)/t17-,23+;/m0./s1. The molecule has 0 spiro atoms. The van der Waals surface area contributed by atoms with E-state index in [1.807, 2.05) is 30.3 Å². The van der Waals surface area contributed by atoms with Crippen LogP contribution in [0.25, 0.3) is 0 Å². The summed E-state index contributed by atoms with van der Waals surface area (Å²) in [6.07, 6.45) is -4.61. The molecule has 2 aliphatic rings. The minimum Gasteiger partial charge on any atom is -0.475 e. The summed E-state index contributed by atoms with van der Waals surface area (Å²) in [5.41, 5.74) is 8.67. The van der Waals surface area contributed by atoms with Crippen LogP contribution in [0.2, 0.25) is 0 Å². The van der Waals surface area contributed by atoms with Crippen LogP contribution in [0.3, 0.4) is 0 Å². The first kappa shape index (κ1) is 32.9. The Hall–Kier alpha value is -4.96. The number of hydrogen-bond acceptors (Lipinski definition) is 7. The minimum absolute atomic E-state index is 0.00337. The molecule has 16 heteroatoms. The van der Waals surface area contributed by atoms with Gasteiger partial charge in [-0.15, -0.1) is 0 Å². The van der Waals surface area contributed by atoms with Crippen LogP contribution in [0.15, 0.2) is 77.7 Å². The minimum atomic E-state index is -5.08. The fourth-order valence-electron chi connectivity index (χ4n) is 4.58. The Morgan fingerprint density at radius 1 is 1.04 bits per heavy atom. The fourth-order valence-corrected chi connectivity index (χ4v) is 5.98. The van der Waals surface area contributed by atoms with Crippen molar-refractivity contribution < 1.29 is 45.9 Å². The molecule has 3 aromatic carbocycles. The first-order chi connectivity index (χ1) is 21.1. The largest absolute Gasteiger partial charge is 0.490 e. The fraction of sp³-hybridized carbons (Fsp3) is 0.241. The highest BCUT2D eigenvalue weighted by molar-refractivity contribution is 7.89. The van der Waals surface area contributed by atoms with Crippen molar-refractivity contribution in [2.45, 2.75) is 36.5 Å². The van der Waals surface area contributed by atoms with E-state index in [0.29, 0.717) is 35.5 Å². The summed E-state index contributed by atoms with van der Waals surface area (Å²) in [5.74, 6) is -3.33. The Morgan fingerprint density at radius 2 is 1.67 bits per heavy atom. The van der Waals surface area contributed by atoms with Crippen LogP contribution in [0.1, 0.15) is 34.5 Å². The van der Waals surface area contributed by atoms with Gasteiger partial charge in [-0.05, 0) is 66.9 Å². The number of aliphatic carboxylic acids is 1. The molecule has 1 fully saturated rings. The SMILES string of the molecule is C[C@H](N)C(=O)Nc1ccc(C(=O)N2CCc3cc(S(=O)(=O)N4C[C@H](c5ccccc5)NC4=O)ccc32)cc1.O=C(O)C(F)(F)F. The van der Waals surface area contributed by atoms with Gasteiger partial charge in [0.2, 0.25) is 5.91 Å². The van der Waals surface area contributed by atoms with Gasteiger partial charge < -0.3 is 26.4 Å². The van der Waals surface area contributed by atoms with Crippen molar-refractivity contribution in [3.05, 3.63) is 89.5 Å². The summed E-state index contributed by atoms with van der Waals surface area (Å²) in [6.45, 7) is 1.96. The van der Waals surface area contributed by atoms with E-state index < -0.39 is 40.3 Å². The number of fused-ring (bicyclic) bond motifs is 1. The Balaban J connectivity index is 0.000000591. The maximum atomic E-state index is 13.4. The van der Waals surface area contributed by atoms with Gasteiger partial charge in [-0.25, -0.2) is 22.3 Å². The number of anilines is 2. The molecular weight excluding hydrogens is 619 g/mol. The number of sulfonamides is 1. The molecule has 0 radical (unpaired) electrons. The predicted octanol–water partition coefficient (Wildman–Crippen LogP) is 3.26. The van der Waals surface area contributed by atoms with E-state index in [4.69, 9.17) is 15.6 Å². The summed E-state index contributed by atoms with van der Waals surface area (Å²) in [4.78, 5) is 48.0. The van der Waals surface area contributed by atoms with Crippen LogP contribution in [-0.2, 0) is 26.0 Å². The van der Waals surface area contributed by atoms with Crippen molar-refractivity contribution in [1.82, 2.24) is 9.62 Å². The number of benzene rings is 3. The van der Waals surface area contributed by atoms with Gasteiger partial charge in [-0.1, -0.05) is 30.3 Å². The van der Waals surface area contributed by atoms with Crippen LogP contribution >= 0.6 is 0 Å². The lowest BCUT2D eigenvalue weighted by molar-refractivity contribution is -0.192. The van der Waals surface area contributed by atoms with Gasteiger partial charge in [-0.2, -0.15) is 13.2 Å². The molecule has 1 saturated heterocycles. The van der Waals surface area contributed by atoms with Gasteiger partial charge in [0.05, 0.1) is 23.5 Å². The number of carbonyl (C=O) groups excluding carboxylic acids is 3. The number of hydrogen-bond donors (Lipinski definition) is 4. The topological polar surface area (TPSA) is 179 Å². The molecule has 2 heterocycles. The van der Waals surface area contributed by atoms with E-state index in [1.54, 1.807) is 42.2 Å². The molecule has 238 valence electrons. The maximum absolute atomic E-state index is 13.4. The molecule has 0 aliphatic carbocycles. The third kappa shape index (κ3) is 7.41. The molecule has 0 bridgehead atoms.